The first-order chi connectivity index (χ1) is 9.63. The third-order valence-corrected chi connectivity index (χ3v) is 3.11. The summed E-state index contributed by atoms with van der Waals surface area (Å²) in [7, 11) is 0. The van der Waals surface area contributed by atoms with E-state index in [9.17, 15) is 4.79 Å². The van der Waals surface area contributed by atoms with Crippen LogP contribution in [-0.4, -0.2) is 5.91 Å². The van der Waals surface area contributed by atoms with Crippen molar-refractivity contribution in [1.29, 1.82) is 5.26 Å². The predicted molar refractivity (Wildman–Crippen MR) is 78.5 cm³/mol. The van der Waals surface area contributed by atoms with Gasteiger partial charge in [0.1, 0.15) is 6.07 Å². The van der Waals surface area contributed by atoms with Gasteiger partial charge in [0, 0.05) is 17.8 Å². The number of nitriles is 1. The monoisotopic (exact) mass is 285 g/mol. The van der Waals surface area contributed by atoms with Crippen LogP contribution in [0.25, 0.3) is 0 Å². The van der Waals surface area contributed by atoms with Gasteiger partial charge in [-0.25, -0.2) is 0 Å². The zero-order chi connectivity index (χ0) is 14.5. The lowest BCUT2D eigenvalue weighted by molar-refractivity contribution is 0.102. The van der Waals surface area contributed by atoms with Gasteiger partial charge >= 0.3 is 0 Å². The first kappa shape index (κ1) is 14.1. The van der Waals surface area contributed by atoms with Crippen molar-refractivity contribution in [3.63, 3.8) is 0 Å². The fourth-order valence-corrected chi connectivity index (χ4v) is 1.90. The Morgan fingerprint density at radius 1 is 1.25 bits per heavy atom. The zero-order valence-electron chi connectivity index (χ0n) is 10.6. The molecule has 0 atom stereocenters. The van der Waals surface area contributed by atoms with Gasteiger partial charge in [0.05, 0.1) is 10.6 Å². The van der Waals surface area contributed by atoms with Crippen LogP contribution in [0.4, 0.5) is 5.69 Å². The van der Waals surface area contributed by atoms with Crippen LogP contribution >= 0.6 is 11.6 Å². The Balaban J connectivity index is 2.15. The van der Waals surface area contributed by atoms with E-state index in [1.54, 1.807) is 42.5 Å². The molecule has 0 aliphatic carbocycles. The van der Waals surface area contributed by atoms with Gasteiger partial charge in [0.25, 0.3) is 5.91 Å². The summed E-state index contributed by atoms with van der Waals surface area (Å²) in [5.41, 5.74) is 7.91. The third-order valence-electron chi connectivity index (χ3n) is 2.80. The van der Waals surface area contributed by atoms with E-state index in [1.807, 2.05) is 6.07 Å². The molecule has 0 aromatic heterocycles. The van der Waals surface area contributed by atoms with E-state index in [2.05, 4.69) is 5.32 Å². The molecule has 0 aliphatic rings. The fourth-order valence-electron chi connectivity index (χ4n) is 1.68. The molecule has 0 aliphatic heterocycles. The highest BCUT2D eigenvalue weighted by atomic mass is 35.5. The molecule has 1 amide bonds. The van der Waals surface area contributed by atoms with E-state index < -0.39 is 0 Å². The largest absolute Gasteiger partial charge is 0.326 e. The smallest absolute Gasteiger partial charge is 0.255 e. The quantitative estimate of drug-likeness (QED) is 0.910. The molecule has 0 spiro atoms. The van der Waals surface area contributed by atoms with Gasteiger partial charge in [-0.3, -0.25) is 4.79 Å². The second-order valence-electron chi connectivity index (χ2n) is 4.16. The summed E-state index contributed by atoms with van der Waals surface area (Å²) in [6.45, 7) is 0.438. The number of carbonyl (C=O) groups excluding carboxylic acids is 1. The minimum Gasteiger partial charge on any atom is -0.326 e. The second-order valence-corrected chi connectivity index (χ2v) is 4.57. The molecule has 0 bridgehead atoms. The Kier molecular flexibility index (Phi) is 4.36. The lowest BCUT2D eigenvalue weighted by Crippen LogP contribution is -2.12. The summed E-state index contributed by atoms with van der Waals surface area (Å²) in [6, 6.07) is 13.7. The lowest BCUT2D eigenvalue weighted by Gasteiger charge is -2.07. The number of anilines is 1. The van der Waals surface area contributed by atoms with Gasteiger partial charge in [-0.05, 0) is 35.9 Å². The lowest BCUT2D eigenvalue weighted by atomic mass is 10.1. The Labute approximate surface area is 121 Å². The van der Waals surface area contributed by atoms with Crippen molar-refractivity contribution in [2.45, 2.75) is 6.54 Å². The van der Waals surface area contributed by atoms with Gasteiger partial charge < -0.3 is 11.1 Å². The van der Waals surface area contributed by atoms with Gasteiger partial charge in [0.15, 0.2) is 0 Å². The highest BCUT2D eigenvalue weighted by molar-refractivity contribution is 6.32. The molecule has 2 aromatic rings. The maximum absolute atomic E-state index is 12.0. The first-order valence-corrected chi connectivity index (χ1v) is 6.32. The van der Waals surface area contributed by atoms with Crippen LogP contribution in [0.1, 0.15) is 21.5 Å². The number of rotatable bonds is 3. The zero-order valence-corrected chi connectivity index (χ0v) is 11.3. The molecule has 0 heterocycles. The third kappa shape index (κ3) is 3.15. The average molecular weight is 286 g/mol. The van der Waals surface area contributed by atoms with Crippen molar-refractivity contribution < 1.29 is 4.79 Å². The molecule has 2 rings (SSSR count). The van der Waals surface area contributed by atoms with E-state index in [-0.39, 0.29) is 5.91 Å². The number of nitrogens with two attached hydrogens (primary N) is 1. The Morgan fingerprint density at radius 3 is 2.50 bits per heavy atom. The van der Waals surface area contributed by atoms with Gasteiger partial charge in [-0.2, -0.15) is 5.26 Å². The van der Waals surface area contributed by atoms with Crippen molar-refractivity contribution in [1.82, 2.24) is 0 Å². The van der Waals surface area contributed by atoms with Crippen molar-refractivity contribution in [3.8, 4) is 6.07 Å². The molecule has 0 fully saturated rings. The Morgan fingerprint density at radius 2 is 1.95 bits per heavy atom. The molecule has 0 unspecified atom stereocenters. The summed E-state index contributed by atoms with van der Waals surface area (Å²) >= 11 is 5.91. The second kappa shape index (κ2) is 6.20. The predicted octanol–water partition coefficient (Wildman–Crippen LogP) is 2.92. The molecular formula is C15H12ClN3O. The fraction of sp³-hybridized carbons (Fsp3) is 0.0667. The van der Waals surface area contributed by atoms with Crippen molar-refractivity contribution in [2.75, 3.05) is 5.32 Å². The van der Waals surface area contributed by atoms with E-state index in [0.29, 0.717) is 28.4 Å². The Bertz CT molecular complexity index is 675. The number of benzene rings is 2. The number of nitrogens with one attached hydrogen (secondary N) is 1. The molecule has 0 saturated carbocycles. The normalized spacial score (nSPS) is 9.85. The molecular weight excluding hydrogens is 274 g/mol. The van der Waals surface area contributed by atoms with Crippen LogP contribution in [0.3, 0.4) is 0 Å². The van der Waals surface area contributed by atoms with Gasteiger partial charge in [0.2, 0.25) is 0 Å². The number of hydrogen-bond donors (Lipinski definition) is 2. The molecule has 0 radical (unpaired) electrons. The number of amides is 1. The molecule has 2 aromatic carbocycles. The molecule has 20 heavy (non-hydrogen) atoms. The highest BCUT2D eigenvalue weighted by Gasteiger charge is 2.07. The minimum absolute atomic E-state index is 0.241. The topological polar surface area (TPSA) is 78.9 Å². The molecule has 5 heteroatoms. The van der Waals surface area contributed by atoms with Crippen LogP contribution in [0.2, 0.25) is 5.02 Å². The standard InChI is InChI=1S/C15H12ClN3O/c16-14-7-13(6-5-12(14)9-18)19-15(20)11-3-1-10(8-17)2-4-11/h1-7H,8,17H2,(H,19,20). The number of halogens is 1. The van der Waals surface area contributed by atoms with Crippen LogP contribution in [0.5, 0.6) is 0 Å². The van der Waals surface area contributed by atoms with Crippen LogP contribution in [0.15, 0.2) is 42.5 Å². The van der Waals surface area contributed by atoms with Crippen LogP contribution in [0, 0.1) is 11.3 Å². The number of nitrogens with zero attached hydrogens (tertiary/aromatic N) is 1. The molecule has 100 valence electrons. The van der Waals surface area contributed by atoms with Crippen molar-refractivity contribution in [3.05, 3.63) is 64.2 Å². The van der Waals surface area contributed by atoms with Crippen molar-refractivity contribution >= 4 is 23.2 Å². The summed E-state index contributed by atoms with van der Waals surface area (Å²) in [6.07, 6.45) is 0. The summed E-state index contributed by atoms with van der Waals surface area (Å²) in [5, 5.41) is 11.8. The van der Waals surface area contributed by atoms with Gasteiger partial charge in [-0.1, -0.05) is 23.7 Å². The van der Waals surface area contributed by atoms with Crippen LogP contribution < -0.4 is 11.1 Å². The van der Waals surface area contributed by atoms with E-state index in [4.69, 9.17) is 22.6 Å². The molecule has 4 nitrogen and oxygen atoms in total. The maximum atomic E-state index is 12.0. The summed E-state index contributed by atoms with van der Waals surface area (Å²) < 4.78 is 0. The van der Waals surface area contributed by atoms with Crippen molar-refractivity contribution in [2.24, 2.45) is 5.73 Å². The van der Waals surface area contributed by atoms with E-state index in [1.165, 1.54) is 0 Å². The maximum Gasteiger partial charge on any atom is 0.255 e. The first-order valence-electron chi connectivity index (χ1n) is 5.94. The summed E-state index contributed by atoms with van der Waals surface area (Å²) in [5.74, 6) is -0.241. The van der Waals surface area contributed by atoms with Crippen LogP contribution in [-0.2, 0) is 6.54 Å². The highest BCUT2D eigenvalue weighted by Crippen LogP contribution is 2.20. The summed E-state index contributed by atoms with van der Waals surface area (Å²) in [4.78, 5) is 12.0. The Hall–Kier alpha value is -2.35. The number of hydrogen-bond acceptors (Lipinski definition) is 3. The van der Waals surface area contributed by atoms with E-state index >= 15 is 0 Å². The average Bonchev–Trinajstić information content (AvgIpc) is 2.47. The minimum atomic E-state index is -0.241. The SMILES string of the molecule is N#Cc1ccc(NC(=O)c2ccc(CN)cc2)cc1Cl. The molecule has 0 saturated heterocycles. The molecule has 3 N–H and O–H groups in total. The van der Waals surface area contributed by atoms with Gasteiger partial charge in [-0.15, -0.1) is 0 Å². The van der Waals surface area contributed by atoms with E-state index in [0.717, 1.165) is 5.56 Å². The number of carbonyl (C=O) groups is 1.